The summed E-state index contributed by atoms with van der Waals surface area (Å²) in [5, 5.41) is 9.43. The van der Waals surface area contributed by atoms with Crippen molar-refractivity contribution in [1.82, 2.24) is 0 Å². The normalized spacial score (nSPS) is 10.0. The molecule has 0 amide bonds. The predicted octanol–water partition coefficient (Wildman–Crippen LogP) is 3.99. The number of rotatable bonds is 4. The molecule has 1 aromatic carbocycles. The van der Waals surface area contributed by atoms with Gasteiger partial charge in [-0.25, -0.2) is 4.79 Å². The SMILES string of the molecule is C=C(Cl)CSc1cc(Br)ccc1C(=O)O. The highest BCUT2D eigenvalue weighted by molar-refractivity contribution is 9.10. The molecule has 0 saturated carbocycles. The number of thioether (sulfide) groups is 1. The molecule has 1 rings (SSSR count). The van der Waals surface area contributed by atoms with Gasteiger partial charge < -0.3 is 5.11 Å². The van der Waals surface area contributed by atoms with Crippen LogP contribution < -0.4 is 0 Å². The van der Waals surface area contributed by atoms with Gasteiger partial charge in [-0.3, -0.25) is 0 Å². The number of carbonyl (C=O) groups is 1. The summed E-state index contributed by atoms with van der Waals surface area (Å²) in [4.78, 5) is 11.6. The molecule has 1 N–H and O–H groups in total. The van der Waals surface area contributed by atoms with Crippen LogP contribution in [0.3, 0.4) is 0 Å². The second-order valence-electron chi connectivity index (χ2n) is 2.75. The first-order valence-electron chi connectivity index (χ1n) is 3.99. The van der Waals surface area contributed by atoms with Gasteiger partial charge in [-0.05, 0) is 18.2 Å². The van der Waals surface area contributed by atoms with Gasteiger partial charge in [0, 0.05) is 20.2 Å². The van der Waals surface area contributed by atoms with Gasteiger partial charge in [0.05, 0.1) is 5.56 Å². The number of benzene rings is 1. The van der Waals surface area contributed by atoms with Crippen molar-refractivity contribution in [2.45, 2.75) is 4.90 Å². The Morgan fingerprint density at radius 3 is 2.80 bits per heavy atom. The lowest BCUT2D eigenvalue weighted by molar-refractivity contribution is 0.0693. The predicted molar refractivity (Wildman–Crippen MR) is 66.8 cm³/mol. The molecule has 0 aromatic heterocycles. The van der Waals surface area contributed by atoms with E-state index in [2.05, 4.69) is 22.5 Å². The first-order chi connectivity index (χ1) is 7.00. The Kier molecular flexibility index (Phi) is 4.70. The van der Waals surface area contributed by atoms with Crippen molar-refractivity contribution >= 4 is 45.3 Å². The van der Waals surface area contributed by atoms with Gasteiger partial charge in [0.15, 0.2) is 0 Å². The molecule has 0 aliphatic heterocycles. The molecule has 15 heavy (non-hydrogen) atoms. The largest absolute Gasteiger partial charge is 0.478 e. The van der Waals surface area contributed by atoms with Crippen LogP contribution in [0, 0.1) is 0 Å². The Morgan fingerprint density at radius 1 is 1.60 bits per heavy atom. The smallest absolute Gasteiger partial charge is 0.336 e. The first kappa shape index (κ1) is 12.6. The van der Waals surface area contributed by atoms with Crippen LogP contribution >= 0.6 is 39.3 Å². The molecule has 0 aliphatic carbocycles. The van der Waals surface area contributed by atoms with Gasteiger partial charge in [-0.2, -0.15) is 0 Å². The maximum atomic E-state index is 10.9. The molecule has 1 aromatic rings. The van der Waals surface area contributed by atoms with Gasteiger partial charge in [0.1, 0.15) is 0 Å². The quantitative estimate of drug-likeness (QED) is 0.855. The van der Waals surface area contributed by atoms with Crippen LogP contribution in [-0.2, 0) is 0 Å². The van der Waals surface area contributed by atoms with Gasteiger partial charge in [0.25, 0.3) is 0 Å². The lowest BCUT2D eigenvalue weighted by Gasteiger charge is -2.05. The lowest BCUT2D eigenvalue weighted by Crippen LogP contribution is -1.98. The van der Waals surface area contributed by atoms with Gasteiger partial charge >= 0.3 is 5.97 Å². The Labute approximate surface area is 105 Å². The third-order valence-corrected chi connectivity index (χ3v) is 3.49. The van der Waals surface area contributed by atoms with E-state index in [1.807, 2.05) is 0 Å². The number of halogens is 2. The molecule has 0 spiro atoms. The molecule has 80 valence electrons. The standard InChI is InChI=1S/C10H8BrClO2S/c1-6(12)5-15-9-4-7(11)2-3-8(9)10(13)14/h2-4H,1,5H2,(H,13,14). The van der Waals surface area contributed by atoms with Crippen LogP contribution in [0.4, 0.5) is 0 Å². The summed E-state index contributed by atoms with van der Waals surface area (Å²) in [7, 11) is 0. The van der Waals surface area contributed by atoms with Crippen molar-refractivity contribution in [3.8, 4) is 0 Å². The minimum absolute atomic E-state index is 0.279. The lowest BCUT2D eigenvalue weighted by atomic mass is 10.2. The van der Waals surface area contributed by atoms with Crippen molar-refractivity contribution in [2.75, 3.05) is 5.75 Å². The third-order valence-electron chi connectivity index (χ3n) is 1.56. The van der Waals surface area contributed by atoms with Crippen LogP contribution in [0.2, 0.25) is 0 Å². The fourth-order valence-corrected chi connectivity index (χ4v) is 2.46. The summed E-state index contributed by atoms with van der Waals surface area (Å²) in [5.74, 6) is -0.441. The zero-order valence-corrected chi connectivity index (χ0v) is 10.8. The van der Waals surface area contributed by atoms with Crippen LogP contribution in [0.25, 0.3) is 0 Å². The maximum Gasteiger partial charge on any atom is 0.336 e. The Balaban J connectivity index is 2.96. The number of hydrogen-bond donors (Lipinski definition) is 1. The van der Waals surface area contributed by atoms with Crippen molar-refractivity contribution < 1.29 is 9.90 Å². The maximum absolute atomic E-state index is 10.9. The van der Waals surface area contributed by atoms with E-state index in [-0.39, 0.29) is 5.56 Å². The van der Waals surface area contributed by atoms with Crippen molar-refractivity contribution in [1.29, 1.82) is 0 Å². The number of hydrogen-bond acceptors (Lipinski definition) is 2. The summed E-state index contributed by atoms with van der Waals surface area (Å²) in [6.07, 6.45) is 0. The van der Waals surface area contributed by atoms with E-state index in [0.717, 1.165) is 4.47 Å². The Bertz CT molecular complexity index is 406. The average Bonchev–Trinajstić information content (AvgIpc) is 2.14. The number of carboxylic acid groups (broad SMARTS) is 1. The molecule has 0 fully saturated rings. The molecule has 0 radical (unpaired) electrons. The monoisotopic (exact) mass is 306 g/mol. The topological polar surface area (TPSA) is 37.3 Å². The van der Waals surface area contributed by atoms with Crippen molar-refractivity contribution in [3.63, 3.8) is 0 Å². The van der Waals surface area contributed by atoms with Gasteiger partial charge in [-0.1, -0.05) is 34.1 Å². The molecular formula is C10H8BrClO2S. The van der Waals surface area contributed by atoms with E-state index in [1.165, 1.54) is 11.8 Å². The Hall–Kier alpha value is -0.450. The van der Waals surface area contributed by atoms with Crippen LogP contribution in [0.15, 0.2) is 39.2 Å². The third kappa shape index (κ3) is 3.89. The highest BCUT2D eigenvalue weighted by Gasteiger charge is 2.10. The second-order valence-corrected chi connectivity index (χ2v) is 5.22. The minimum atomic E-state index is -0.940. The highest BCUT2D eigenvalue weighted by atomic mass is 79.9. The van der Waals surface area contributed by atoms with Gasteiger partial charge in [-0.15, -0.1) is 11.8 Å². The molecule has 0 unspecified atom stereocenters. The zero-order chi connectivity index (χ0) is 11.4. The zero-order valence-electron chi connectivity index (χ0n) is 7.67. The fraction of sp³-hybridized carbons (Fsp3) is 0.100. The van der Waals surface area contributed by atoms with Crippen LogP contribution in [0.5, 0.6) is 0 Å². The summed E-state index contributed by atoms with van der Waals surface area (Å²) < 4.78 is 0.843. The minimum Gasteiger partial charge on any atom is -0.478 e. The van der Waals surface area contributed by atoms with Gasteiger partial charge in [0.2, 0.25) is 0 Å². The molecule has 2 nitrogen and oxygen atoms in total. The van der Waals surface area contributed by atoms with E-state index < -0.39 is 5.97 Å². The second kappa shape index (κ2) is 5.58. The molecule has 5 heteroatoms. The summed E-state index contributed by atoms with van der Waals surface area (Å²) >= 11 is 10.3. The van der Waals surface area contributed by atoms with Crippen LogP contribution in [-0.4, -0.2) is 16.8 Å². The highest BCUT2D eigenvalue weighted by Crippen LogP contribution is 2.28. The molecule has 0 heterocycles. The van der Waals surface area contributed by atoms with E-state index in [1.54, 1.807) is 18.2 Å². The Morgan fingerprint density at radius 2 is 2.27 bits per heavy atom. The van der Waals surface area contributed by atoms with E-state index in [0.29, 0.717) is 15.7 Å². The van der Waals surface area contributed by atoms with E-state index in [4.69, 9.17) is 16.7 Å². The molecule has 0 bridgehead atoms. The summed E-state index contributed by atoms with van der Waals surface area (Å²) in [6.45, 7) is 3.55. The van der Waals surface area contributed by atoms with Crippen molar-refractivity contribution in [2.24, 2.45) is 0 Å². The van der Waals surface area contributed by atoms with Crippen LogP contribution in [0.1, 0.15) is 10.4 Å². The van der Waals surface area contributed by atoms with Crippen molar-refractivity contribution in [3.05, 3.63) is 39.8 Å². The summed E-state index contributed by atoms with van der Waals surface area (Å²) in [5.41, 5.74) is 0.279. The molecule has 0 atom stereocenters. The summed E-state index contributed by atoms with van der Waals surface area (Å²) in [6, 6.07) is 5.02. The fourth-order valence-electron chi connectivity index (χ4n) is 0.948. The molecular weight excluding hydrogens is 300 g/mol. The molecule has 0 aliphatic rings. The molecule has 0 saturated heterocycles. The number of carboxylic acids is 1. The number of aromatic carboxylic acids is 1. The van der Waals surface area contributed by atoms with E-state index in [9.17, 15) is 4.79 Å². The first-order valence-corrected chi connectivity index (χ1v) is 6.15. The van der Waals surface area contributed by atoms with E-state index >= 15 is 0 Å². The average molecular weight is 308 g/mol.